The Morgan fingerprint density at radius 2 is 1.55 bits per heavy atom. The number of rotatable bonds is 8. The van der Waals surface area contributed by atoms with Gasteiger partial charge in [-0.15, -0.1) is 9.24 Å². The van der Waals surface area contributed by atoms with E-state index in [2.05, 4.69) is 69.9 Å². The molecule has 2 atom stereocenters. The van der Waals surface area contributed by atoms with Gasteiger partial charge in [-0.05, 0) is 46.0 Å². The van der Waals surface area contributed by atoms with E-state index < -0.39 is 0 Å². The minimum atomic E-state index is -0.281. The van der Waals surface area contributed by atoms with E-state index in [0.717, 1.165) is 19.4 Å². The number of hydrogen-bond donors (Lipinski definition) is 1. The Morgan fingerprint density at radius 1 is 1.05 bits per heavy atom. The fourth-order valence-electron chi connectivity index (χ4n) is 2.42. The van der Waals surface area contributed by atoms with Gasteiger partial charge < -0.3 is 10.1 Å². The minimum absolute atomic E-state index is 0.0947. The van der Waals surface area contributed by atoms with Crippen molar-refractivity contribution >= 4 is 15.1 Å². The van der Waals surface area contributed by atoms with Crippen molar-refractivity contribution in [3.63, 3.8) is 0 Å². The number of amides is 1. The van der Waals surface area contributed by atoms with Crippen molar-refractivity contribution in [3.05, 3.63) is 0 Å². The van der Waals surface area contributed by atoms with Crippen LogP contribution in [-0.2, 0) is 9.53 Å². The highest BCUT2D eigenvalue weighted by atomic mass is 31.0. The molecule has 0 aliphatic carbocycles. The summed E-state index contributed by atoms with van der Waals surface area (Å²) < 4.78 is 6.21. The standard InChI is InChI=1S/C18H38NO2P/c1-10-14(20)19-16(5,6)13-18(9,22)17(7,8)21-12-11-15(2,3)4/h10-13,22H2,1-9H3,(H,19,20). The van der Waals surface area contributed by atoms with Gasteiger partial charge in [0.25, 0.3) is 0 Å². The topological polar surface area (TPSA) is 38.3 Å². The average Bonchev–Trinajstić information content (AvgIpc) is 2.23. The first-order valence-electron chi connectivity index (χ1n) is 8.36. The first-order valence-corrected chi connectivity index (χ1v) is 8.93. The predicted octanol–water partition coefficient (Wildman–Crippen LogP) is 4.55. The van der Waals surface area contributed by atoms with Crippen molar-refractivity contribution < 1.29 is 9.53 Å². The van der Waals surface area contributed by atoms with Gasteiger partial charge in [-0.25, -0.2) is 0 Å². The van der Waals surface area contributed by atoms with Crippen molar-refractivity contribution in [3.8, 4) is 0 Å². The van der Waals surface area contributed by atoms with Crippen LogP contribution in [0.1, 0.15) is 81.6 Å². The third kappa shape index (κ3) is 7.92. The van der Waals surface area contributed by atoms with E-state index in [1.165, 1.54) is 0 Å². The summed E-state index contributed by atoms with van der Waals surface area (Å²) in [6.07, 6.45) is 2.38. The largest absolute Gasteiger partial charge is 0.375 e. The van der Waals surface area contributed by atoms with Crippen molar-refractivity contribution in [1.82, 2.24) is 5.32 Å². The van der Waals surface area contributed by atoms with Gasteiger partial charge in [0.1, 0.15) is 0 Å². The number of carbonyl (C=O) groups is 1. The zero-order chi connectivity index (χ0) is 17.8. The van der Waals surface area contributed by atoms with Gasteiger partial charge in [-0.2, -0.15) is 0 Å². The van der Waals surface area contributed by atoms with E-state index in [4.69, 9.17) is 4.74 Å². The maximum Gasteiger partial charge on any atom is 0.220 e. The molecule has 1 amide bonds. The molecule has 1 N–H and O–H groups in total. The molecule has 0 bridgehead atoms. The van der Waals surface area contributed by atoms with Crippen molar-refractivity contribution in [2.75, 3.05) is 6.61 Å². The maximum atomic E-state index is 11.7. The highest BCUT2D eigenvalue weighted by Crippen LogP contribution is 2.41. The lowest BCUT2D eigenvalue weighted by Gasteiger charge is -2.46. The maximum absolute atomic E-state index is 11.7. The lowest BCUT2D eigenvalue weighted by atomic mass is 9.80. The molecule has 3 nitrogen and oxygen atoms in total. The summed E-state index contributed by atoms with van der Waals surface area (Å²) in [5, 5.41) is 2.98. The smallest absolute Gasteiger partial charge is 0.220 e. The fourth-order valence-corrected chi connectivity index (χ4v) is 3.01. The molecule has 0 radical (unpaired) electrons. The number of hydrogen-bond acceptors (Lipinski definition) is 2. The number of nitrogens with one attached hydrogen (secondary N) is 1. The predicted molar refractivity (Wildman–Crippen MR) is 99.3 cm³/mol. The van der Waals surface area contributed by atoms with Gasteiger partial charge in [-0.1, -0.05) is 34.6 Å². The SMILES string of the molecule is CCC(=O)NC(C)(C)CC(C)(P)C(C)(C)OCCC(C)(C)C. The summed E-state index contributed by atoms with van der Waals surface area (Å²) in [5.41, 5.74) is -0.257. The summed E-state index contributed by atoms with van der Waals surface area (Å²) in [7, 11) is 2.95. The van der Waals surface area contributed by atoms with Crippen LogP contribution in [0.25, 0.3) is 0 Å². The second kappa shape index (κ2) is 7.62. The van der Waals surface area contributed by atoms with E-state index in [9.17, 15) is 4.79 Å². The van der Waals surface area contributed by atoms with Crippen LogP contribution in [0.5, 0.6) is 0 Å². The molecule has 0 saturated carbocycles. The van der Waals surface area contributed by atoms with Crippen LogP contribution < -0.4 is 5.32 Å². The lowest BCUT2D eigenvalue weighted by molar-refractivity contribution is -0.123. The molecule has 0 rings (SSSR count). The van der Waals surface area contributed by atoms with Crippen molar-refractivity contribution in [1.29, 1.82) is 0 Å². The molecule has 22 heavy (non-hydrogen) atoms. The Kier molecular flexibility index (Phi) is 7.57. The van der Waals surface area contributed by atoms with Gasteiger partial charge in [-0.3, -0.25) is 4.79 Å². The molecular formula is C18H38NO2P. The summed E-state index contributed by atoms with van der Waals surface area (Å²) >= 11 is 0. The molecule has 4 heteroatoms. The molecule has 0 aromatic heterocycles. The third-order valence-corrected chi connectivity index (χ3v) is 5.20. The molecule has 0 heterocycles. The normalized spacial score (nSPS) is 16.3. The quantitative estimate of drug-likeness (QED) is 0.663. The van der Waals surface area contributed by atoms with Crippen LogP contribution in [0.2, 0.25) is 0 Å². The zero-order valence-corrected chi connectivity index (χ0v) is 17.4. The molecule has 0 aromatic carbocycles. The van der Waals surface area contributed by atoms with Crippen LogP contribution >= 0.6 is 9.24 Å². The average molecular weight is 331 g/mol. The van der Waals surface area contributed by atoms with Crippen molar-refractivity contribution in [2.45, 2.75) is 97.9 Å². The second-order valence-electron chi connectivity index (χ2n) is 9.05. The summed E-state index contributed by atoms with van der Waals surface area (Å²) in [6.45, 7) is 19.9. The second-order valence-corrected chi connectivity index (χ2v) is 10.3. The zero-order valence-electron chi connectivity index (χ0n) is 16.2. The van der Waals surface area contributed by atoms with Gasteiger partial charge in [0.05, 0.1) is 5.60 Å². The van der Waals surface area contributed by atoms with E-state index in [1.807, 2.05) is 6.92 Å². The summed E-state index contributed by atoms with van der Waals surface area (Å²) in [6, 6.07) is 0. The highest BCUT2D eigenvalue weighted by Gasteiger charge is 2.42. The molecule has 0 spiro atoms. The highest BCUT2D eigenvalue weighted by molar-refractivity contribution is 7.19. The Labute approximate surface area is 140 Å². The molecule has 0 fully saturated rings. The Morgan fingerprint density at radius 3 is 1.95 bits per heavy atom. The number of carbonyl (C=O) groups excluding carboxylic acids is 1. The minimum Gasteiger partial charge on any atom is -0.375 e. The first kappa shape index (κ1) is 21.9. The third-order valence-electron chi connectivity index (χ3n) is 4.30. The molecular weight excluding hydrogens is 293 g/mol. The summed E-state index contributed by atoms with van der Waals surface area (Å²) in [4.78, 5) is 11.7. The Hall–Kier alpha value is -0.140. The Bertz CT molecular complexity index is 368. The van der Waals surface area contributed by atoms with Crippen LogP contribution in [-0.4, -0.2) is 28.8 Å². The van der Waals surface area contributed by atoms with Crippen LogP contribution in [0.3, 0.4) is 0 Å². The fraction of sp³-hybridized carbons (Fsp3) is 0.944. The monoisotopic (exact) mass is 331 g/mol. The summed E-state index contributed by atoms with van der Waals surface area (Å²) in [5.74, 6) is 0.0947. The van der Waals surface area contributed by atoms with E-state index in [1.54, 1.807) is 0 Å². The van der Waals surface area contributed by atoms with Crippen LogP contribution in [0.4, 0.5) is 0 Å². The first-order chi connectivity index (χ1) is 9.62. The lowest BCUT2D eigenvalue weighted by Crippen LogP contribution is -2.54. The van der Waals surface area contributed by atoms with Crippen LogP contribution in [0, 0.1) is 5.41 Å². The van der Waals surface area contributed by atoms with Gasteiger partial charge in [0.2, 0.25) is 5.91 Å². The molecule has 132 valence electrons. The van der Waals surface area contributed by atoms with E-state index in [0.29, 0.717) is 6.42 Å². The molecule has 0 aliphatic heterocycles. The molecule has 0 aromatic rings. The number of ether oxygens (including phenoxy) is 1. The van der Waals surface area contributed by atoms with Crippen molar-refractivity contribution in [2.24, 2.45) is 5.41 Å². The van der Waals surface area contributed by atoms with Crippen LogP contribution in [0.15, 0.2) is 0 Å². The Balaban J connectivity index is 4.77. The molecule has 2 unspecified atom stereocenters. The van der Waals surface area contributed by atoms with Gasteiger partial charge >= 0.3 is 0 Å². The van der Waals surface area contributed by atoms with Gasteiger partial charge in [0.15, 0.2) is 0 Å². The van der Waals surface area contributed by atoms with E-state index >= 15 is 0 Å². The van der Waals surface area contributed by atoms with Gasteiger partial charge in [0, 0.05) is 23.7 Å². The molecule has 0 aliphatic rings. The van der Waals surface area contributed by atoms with E-state index in [-0.39, 0.29) is 27.6 Å². The molecule has 0 saturated heterocycles.